The zero-order valence-corrected chi connectivity index (χ0v) is 13.8. The Kier molecular flexibility index (Phi) is 4.76. The summed E-state index contributed by atoms with van der Waals surface area (Å²) >= 11 is 15.6. The average molecular weight is 363 g/mol. The maximum atomic E-state index is 6.13. The predicted octanol–water partition coefficient (Wildman–Crippen LogP) is 4.66. The lowest BCUT2D eigenvalue weighted by Gasteiger charge is -2.09. The van der Waals surface area contributed by atoms with E-state index in [9.17, 15) is 0 Å². The summed E-state index contributed by atoms with van der Waals surface area (Å²) in [7, 11) is 1.93. The molecule has 0 unspecified atom stereocenters. The standard InChI is InChI=1S/C13H14BrCl2N3/c1-3-10-13(14)12(19(2)18-10)7-17-11-5-4-8(15)6-9(11)16/h4-6,17H,3,7H2,1-2H3. The van der Waals surface area contributed by atoms with Crippen molar-refractivity contribution in [3.63, 3.8) is 0 Å². The van der Waals surface area contributed by atoms with Crippen molar-refractivity contribution in [2.24, 2.45) is 7.05 Å². The van der Waals surface area contributed by atoms with E-state index in [1.165, 1.54) is 0 Å². The summed E-state index contributed by atoms with van der Waals surface area (Å²) in [5, 5.41) is 8.99. The summed E-state index contributed by atoms with van der Waals surface area (Å²) in [6.45, 7) is 2.73. The summed E-state index contributed by atoms with van der Waals surface area (Å²) < 4.78 is 2.93. The van der Waals surface area contributed by atoms with Crippen molar-refractivity contribution in [1.29, 1.82) is 0 Å². The van der Waals surface area contributed by atoms with Crippen molar-refractivity contribution < 1.29 is 0 Å². The number of hydrogen-bond donors (Lipinski definition) is 1. The quantitative estimate of drug-likeness (QED) is 0.856. The molecule has 0 aliphatic rings. The minimum absolute atomic E-state index is 0.613. The van der Waals surface area contributed by atoms with E-state index < -0.39 is 0 Å². The van der Waals surface area contributed by atoms with Crippen LogP contribution in [-0.2, 0) is 20.0 Å². The summed E-state index contributed by atoms with van der Waals surface area (Å²) in [4.78, 5) is 0. The maximum absolute atomic E-state index is 6.13. The van der Waals surface area contributed by atoms with Gasteiger partial charge in [-0.05, 0) is 40.5 Å². The number of nitrogens with zero attached hydrogens (tertiary/aromatic N) is 2. The van der Waals surface area contributed by atoms with Crippen LogP contribution in [-0.4, -0.2) is 9.78 Å². The minimum Gasteiger partial charge on any atom is -0.378 e. The molecule has 0 saturated carbocycles. The SMILES string of the molecule is CCc1nn(C)c(CNc2ccc(Cl)cc2Cl)c1Br. The van der Waals surface area contributed by atoms with Crippen LogP contribution in [0.4, 0.5) is 5.69 Å². The smallest absolute Gasteiger partial charge is 0.0767 e. The van der Waals surface area contributed by atoms with Crippen molar-refractivity contribution in [2.75, 3.05) is 5.32 Å². The molecule has 19 heavy (non-hydrogen) atoms. The van der Waals surface area contributed by atoms with Gasteiger partial charge in [0.1, 0.15) is 0 Å². The molecule has 1 aromatic heterocycles. The van der Waals surface area contributed by atoms with Crippen LogP contribution in [0.1, 0.15) is 18.3 Å². The van der Waals surface area contributed by atoms with Gasteiger partial charge in [-0.25, -0.2) is 0 Å². The Hall–Kier alpha value is -0.710. The molecular formula is C13H14BrCl2N3. The fourth-order valence-electron chi connectivity index (χ4n) is 1.82. The van der Waals surface area contributed by atoms with Gasteiger partial charge in [0, 0.05) is 12.1 Å². The van der Waals surface area contributed by atoms with E-state index in [2.05, 4.69) is 33.3 Å². The molecule has 0 fully saturated rings. The molecule has 0 saturated heterocycles. The third-order valence-electron chi connectivity index (χ3n) is 2.88. The number of anilines is 1. The molecule has 0 aliphatic heterocycles. The number of halogens is 3. The number of hydrogen-bond acceptors (Lipinski definition) is 2. The Bertz CT molecular complexity index is 596. The molecule has 6 heteroatoms. The summed E-state index contributed by atoms with van der Waals surface area (Å²) in [6, 6.07) is 5.41. The first-order chi connectivity index (χ1) is 9.02. The van der Waals surface area contributed by atoms with Gasteiger partial charge in [0.25, 0.3) is 0 Å². The van der Waals surface area contributed by atoms with Gasteiger partial charge in [-0.15, -0.1) is 0 Å². The minimum atomic E-state index is 0.613. The largest absolute Gasteiger partial charge is 0.378 e. The molecule has 0 amide bonds. The third-order valence-corrected chi connectivity index (χ3v) is 4.34. The molecule has 1 heterocycles. The van der Waals surface area contributed by atoms with Crippen molar-refractivity contribution >= 4 is 44.8 Å². The normalized spacial score (nSPS) is 10.8. The van der Waals surface area contributed by atoms with E-state index in [4.69, 9.17) is 23.2 Å². The van der Waals surface area contributed by atoms with E-state index >= 15 is 0 Å². The fraction of sp³-hybridized carbons (Fsp3) is 0.308. The molecule has 1 aromatic carbocycles. The van der Waals surface area contributed by atoms with Gasteiger partial charge in [-0.2, -0.15) is 5.10 Å². The van der Waals surface area contributed by atoms with E-state index in [0.29, 0.717) is 16.6 Å². The second-order valence-electron chi connectivity index (χ2n) is 4.16. The van der Waals surface area contributed by atoms with Gasteiger partial charge in [-0.3, -0.25) is 4.68 Å². The lowest BCUT2D eigenvalue weighted by Crippen LogP contribution is -2.06. The van der Waals surface area contributed by atoms with Crippen molar-refractivity contribution in [1.82, 2.24) is 9.78 Å². The highest BCUT2D eigenvalue weighted by Crippen LogP contribution is 2.27. The molecule has 0 atom stereocenters. The zero-order chi connectivity index (χ0) is 14.0. The summed E-state index contributed by atoms with van der Waals surface area (Å²) in [5.41, 5.74) is 3.00. The molecule has 3 nitrogen and oxygen atoms in total. The Labute approximate surface area is 131 Å². The Morgan fingerprint density at radius 3 is 2.68 bits per heavy atom. The fourth-order valence-corrected chi connectivity index (χ4v) is 3.06. The van der Waals surface area contributed by atoms with Gasteiger partial charge < -0.3 is 5.32 Å². The first-order valence-electron chi connectivity index (χ1n) is 5.92. The lowest BCUT2D eigenvalue weighted by molar-refractivity contribution is 0.706. The van der Waals surface area contributed by atoms with Crippen molar-refractivity contribution in [2.45, 2.75) is 19.9 Å². The number of aromatic nitrogens is 2. The first kappa shape index (κ1) is 14.7. The van der Waals surface area contributed by atoms with Crippen LogP contribution in [0.3, 0.4) is 0 Å². The van der Waals surface area contributed by atoms with Gasteiger partial charge >= 0.3 is 0 Å². The van der Waals surface area contributed by atoms with Crippen molar-refractivity contribution in [3.8, 4) is 0 Å². The molecule has 102 valence electrons. The van der Waals surface area contributed by atoms with Crippen LogP contribution in [0.5, 0.6) is 0 Å². The zero-order valence-electron chi connectivity index (χ0n) is 10.7. The van der Waals surface area contributed by atoms with Crippen molar-refractivity contribution in [3.05, 3.63) is 44.1 Å². The van der Waals surface area contributed by atoms with E-state index in [1.54, 1.807) is 6.07 Å². The van der Waals surface area contributed by atoms with Crippen LogP contribution < -0.4 is 5.32 Å². The van der Waals surface area contributed by atoms with Crippen LogP contribution in [0.25, 0.3) is 0 Å². The topological polar surface area (TPSA) is 29.9 Å². The molecule has 0 aliphatic carbocycles. The average Bonchev–Trinajstić information content (AvgIpc) is 2.64. The first-order valence-corrected chi connectivity index (χ1v) is 7.47. The van der Waals surface area contributed by atoms with E-state index in [1.807, 2.05) is 23.9 Å². The van der Waals surface area contributed by atoms with Crippen LogP contribution in [0, 0.1) is 0 Å². The molecule has 2 rings (SSSR count). The van der Waals surface area contributed by atoms with Gasteiger partial charge in [-0.1, -0.05) is 30.1 Å². The Morgan fingerprint density at radius 2 is 2.11 bits per heavy atom. The Balaban J connectivity index is 2.16. The molecular weight excluding hydrogens is 349 g/mol. The summed E-state index contributed by atoms with van der Waals surface area (Å²) in [5.74, 6) is 0. The molecule has 0 radical (unpaired) electrons. The van der Waals surface area contributed by atoms with E-state index in [-0.39, 0.29) is 0 Å². The number of rotatable bonds is 4. The van der Waals surface area contributed by atoms with Crippen LogP contribution >= 0.6 is 39.1 Å². The van der Waals surface area contributed by atoms with Gasteiger partial charge in [0.05, 0.1) is 33.1 Å². The monoisotopic (exact) mass is 361 g/mol. The molecule has 0 bridgehead atoms. The van der Waals surface area contributed by atoms with Gasteiger partial charge in [0.2, 0.25) is 0 Å². The Morgan fingerprint density at radius 1 is 1.37 bits per heavy atom. The highest BCUT2D eigenvalue weighted by molar-refractivity contribution is 9.10. The second-order valence-corrected chi connectivity index (χ2v) is 5.80. The van der Waals surface area contributed by atoms with Gasteiger partial charge in [0.15, 0.2) is 0 Å². The van der Waals surface area contributed by atoms with Crippen LogP contribution in [0.15, 0.2) is 22.7 Å². The number of aryl methyl sites for hydroxylation is 2. The molecule has 1 N–H and O–H groups in total. The molecule has 2 aromatic rings. The maximum Gasteiger partial charge on any atom is 0.0767 e. The number of nitrogens with one attached hydrogen (secondary N) is 1. The van der Waals surface area contributed by atoms with E-state index in [0.717, 1.165) is 28.0 Å². The number of benzene rings is 1. The summed E-state index contributed by atoms with van der Waals surface area (Å²) in [6.07, 6.45) is 0.899. The van der Waals surface area contributed by atoms with Crippen LogP contribution in [0.2, 0.25) is 10.0 Å². The lowest BCUT2D eigenvalue weighted by atomic mass is 10.3. The highest BCUT2D eigenvalue weighted by atomic mass is 79.9. The molecule has 0 spiro atoms. The second kappa shape index (κ2) is 6.16. The third kappa shape index (κ3) is 3.25. The highest BCUT2D eigenvalue weighted by Gasteiger charge is 2.12. The predicted molar refractivity (Wildman–Crippen MR) is 84.1 cm³/mol.